The Kier molecular flexibility index (Phi) is 11.7. The minimum Gasteiger partial charge on any atom is -0.550 e. The molecule has 1 rings (SSSR count). The largest absolute Gasteiger partial charge is 1.20 e. The molecule has 15 heteroatoms. The van der Waals surface area contributed by atoms with Crippen LogP contribution in [0.2, 0.25) is 0 Å². The fourth-order valence-electron chi connectivity index (χ4n) is 2.30. The highest BCUT2D eigenvalue weighted by molar-refractivity contribution is 6.45. The number of hydrogen-bond acceptors (Lipinski definition) is 12. The third-order valence-electron chi connectivity index (χ3n) is 4.00. The second-order valence-corrected chi connectivity index (χ2v) is 8.16. The van der Waals surface area contributed by atoms with E-state index in [-0.39, 0.29) is 37.0 Å². The van der Waals surface area contributed by atoms with Crippen LogP contribution in [-0.2, 0) is 35.3 Å². The molecule has 0 fully saturated rings. The van der Waals surface area contributed by atoms with Crippen LogP contribution in [0.4, 0.5) is 0 Å². The lowest BCUT2D eigenvalue weighted by Gasteiger charge is -2.18. The van der Waals surface area contributed by atoms with E-state index in [1.165, 1.54) is 24.3 Å². The van der Waals surface area contributed by atoms with Gasteiger partial charge in [0.05, 0.1) is 5.56 Å². The molecule has 8 N–H and O–H groups in total. The van der Waals surface area contributed by atoms with Gasteiger partial charge in [-0.2, -0.15) is 0 Å². The van der Waals surface area contributed by atoms with E-state index in [4.69, 9.17) is 39.0 Å². The standard InChI is InChI=1S/C9H8O4.2C5H10N2O3.Al/c1-6(10)13-8-5-3-2-4-7(8)9(11)12;2*6-3(5(9)10)1-2-4(7)8;/h2-5H,1H3,(H,11,12);2*3H,1-2,6H2,(H2,7,8)(H,9,10);/q;;;+3/p-3/t;2*3-;/m.00./s1. The average Bonchev–Trinajstić information content (AvgIpc) is 2.75. The fraction of sp³-hybridized carbons (Fsp3) is 0.368. The number of carbonyl (C=O) groups is 6. The molecule has 0 saturated heterocycles. The molecule has 1 aromatic rings. The molecule has 0 heterocycles. The summed E-state index contributed by atoms with van der Waals surface area (Å²) in [7, 11) is 0. The predicted molar refractivity (Wildman–Crippen MR) is 114 cm³/mol. The molecule has 0 bridgehead atoms. The van der Waals surface area contributed by atoms with Gasteiger partial charge < -0.3 is 39.0 Å². The first-order valence-corrected chi connectivity index (χ1v) is 11.3. The summed E-state index contributed by atoms with van der Waals surface area (Å²) in [5, 5.41) is 0. The zero-order chi connectivity index (χ0) is 25.8. The van der Waals surface area contributed by atoms with Crippen molar-refractivity contribution < 1.29 is 44.9 Å². The molecule has 0 radical (unpaired) electrons. The normalized spacial score (nSPS) is 12.0. The summed E-state index contributed by atoms with van der Waals surface area (Å²) in [6, 6.07) is 2.82. The van der Waals surface area contributed by atoms with E-state index in [0.29, 0.717) is 0 Å². The summed E-state index contributed by atoms with van der Waals surface area (Å²) >= 11 is -3.93. The second kappa shape index (κ2) is 13.9. The van der Waals surface area contributed by atoms with E-state index < -0.39 is 62.9 Å². The zero-order valence-electron chi connectivity index (χ0n) is 18.3. The highest BCUT2D eigenvalue weighted by Gasteiger charge is 2.51. The molecule has 0 aliphatic carbocycles. The second-order valence-electron chi connectivity index (χ2n) is 6.88. The van der Waals surface area contributed by atoms with Crippen molar-refractivity contribution >= 4 is 50.8 Å². The first-order valence-electron chi connectivity index (χ1n) is 9.87. The SMILES string of the molecule is CC(=O)Oc1ccccc1C(=O)[O][Al]([O]C(=O)[C@@H](N)CCC(N)=O)[O]C(=O)[C@@H](N)CCC(N)=O. The number of nitrogens with two attached hydrogens (primary N) is 4. The maximum absolute atomic E-state index is 12.6. The summed E-state index contributed by atoms with van der Waals surface area (Å²) in [5.41, 5.74) is 21.1. The Balaban J connectivity index is 3.02. The molecule has 14 nitrogen and oxygen atoms in total. The molecule has 2 amide bonds. The van der Waals surface area contributed by atoms with Gasteiger partial charge in [0.25, 0.3) is 11.9 Å². The number of rotatable bonds is 13. The Morgan fingerprint density at radius 1 is 0.824 bits per heavy atom. The summed E-state index contributed by atoms with van der Waals surface area (Å²) < 4.78 is 20.0. The van der Waals surface area contributed by atoms with Crippen molar-refractivity contribution in [2.75, 3.05) is 0 Å². The van der Waals surface area contributed by atoms with Crippen LogP contribution in [-0.4, -0.2) is 62.9 Å². The van der Waals surface area contributed by atoms with E-state index in [2.05, 4.69) is 0 Å². The van der Waals surface area contributed by atoms with E-state index in [1.54, 1.807) is 0 Å². The monoisotopic (exact) mass is 496 g/mol. The minimum absolute atomic E-state index is 0.151. The van der Waals surface area contributed by atoms with Crippen LogP contribution in [0.25, 0.3) is 0 Å². The average molecular weight is 496 g/mol. The Labute approximate surface area is 199 Å². The molecular formula is C19H25AlN4O10. The zero-order valence-corrected chi connectivity index (χ0v) is 19.4. The van der Waals surface area contributed by atoms with Crippen LogP contribution in [0, 0.1) is 0 Å². The molecule has 1 aromatic carbocycles. The highest BCUT2D eigenvalue weighted by Crippen LogP contribution is 2.20. The van der Waals surface area contributed by atoms with Gasteiger partial charge in [0.1, 0.15) is 17.8 Å². The van der Waals surface area contributed by atoms with Crippen molar-refractivity contribution in [2.45, 2.75) is 44.7 Å². The lowest BCUT2D eigenvalue weighted by Crippen LogP contribution is -2.44. The van der Waals surface area contributed by atoms with Gasteiger partial charge in [-0.3, -0.25) is 24.0 Å². The fourth-order valence-corrected chi connectivity index (χ4v) is 3.47. The molecule has 0 aliphatic rings. The van der Waals surface area contributed by atoms with Crippen molar-refractivity contribution in [1.29, 1.82) is 0 Å². The molecule has 0 aliphatic heterocycles. The van der Waals surface area contributed by atoms with Crippen molar-refractivity contribution in [3.63, 3.8) is 0 Å². The number of benzene rings is 1. The Morgan fingerprint density at radius 2 is 1.29 bits per heavy atom. The maximum Gasteiger partial charge on any atom is 1.20 e. The first-order chi connectivity index (χ1) is 15.9. The van der Waals surface area contributed by atoms with Crippen molar-refractivity contribution in [3.05, 3.63) is 29.8 Å². The highest BCUT2D eigenvalue weighted by atomic mass is 27.3. The van der Waals surface area contributed by atoms with Crippen molar-refractivity contribution in [2.24, 2.45) is 22.9 Å². The molecule has 2 atom stereocenters. The van der Waals surface area contributed by atoms with Gasteiger partial charge in [-0.05, 0) is 25.0 Å². The smallest absolute Gasteiger partial charge is 0.550 e. The van der Waals surface area contributed by atoms with E-state index in [1.807, 2.05) is 0 Å². The van der Waals surface area contributed by atoms with Gasteiger partial charge in [-0.25, -0.2) is 4.79 Å². The van der Waals surface area contributed by atoms with Crippen molar-refractivity contribution in [3.8, 4) is 5.75 Å². The van der Waals surface area contributed by atoms with Crippen LogP contribution >= 0.6 is 0 Å². The Bertz CT molecular complexity index is 903. The molecule has 34 heavy (non-hydrogen) atoms. The number of esters is 1. The molecular weight excluding hydrogens is 471 g/mol. The van der Waals surface area contributed by atoms with Crippen molar-refractivity contribution in [1.82, 2.24) is 0 Å². The van der Waals surface area contributed by atoms with Gasteiger partial charge in [0, 0.05) is 19.8 Å². The topological polar surface area (TPSA) is 243 Å². The quantitative estimate of drug-likeness (QED) is 0.132. The van der Waals surface area contributed by atoms with Crippen LogP contribution in [0.1, 0.15) is 43.0 Å². The van der Waals surface area contributed by atoms with Gasteiger partial charge in [0.2, 0.25) is 11.8 Å². The molecule has 0 aromatic heterocycles. The molecule has 184 valence electrons. The van der Waals surface area contributed by atoms with Crippen LogP contribution in [0.15, 0.2) is 24.3 Å². The number of primary amides is 2. The molecule has 0 saturated carbocycles. The molecule has 0 unspecified atom stereocenters. The summed E-state index contributed by atoms with van der Waals surface area (Å²) in [5.74, 6) is -5.68. The van der Waals surface area contributed by atoms with Gasteiger partial charge in [0.15, 0.2) is 0 Å². The lowest BCUT2D eigenvalue weighted by molar-refractivity contribution is -0.144. The lowest BCUT2D eigenvalue weighted by atomic mass is 10.2. The maximum atomic E-state index is 12.6. The third-order valence-corrected chi connectivity index (χ3v) is 5.25. The number of hydrogen-bond donors (Lipinski definition) is 4. The van der Waals surface area contributed by atoms with E-state index in [9.17, 15) is 28.8 Å². The third kappa shape index (κ3) is 10.4. The Hall–Kier alpha value is -3.51. The van der Waals surface area contributed by atoms with E-state index in [0.717, 1.165) is 6.92 Å². The van der Waals surface area contributed by atoms with Crippen LogP contribution in [0.3, 0.4) is 0 Å². The summed E-state index contributed by atoms with van der Waals surface area (Å²) in [4.78, 5) is 70.2. The van der Waals surface area contributed by atoms with E-state index >= 15 is 0 Å². The Morgan fingerprint density at radius 3 is 1.74 bits per heavy atom. The predicted octanol–water partition coefficient (Wildman–Crippen LogP) is -1.97. The summed E-state index contributed by atoms with van der Waals surface area (Å²) in [6.07, 6.45) is -0.805. The van der Waals surface area contributed by atoms with Gasteiger partial charge >= 0.3 is 27.1 Å². The summed E-state index contributed by atoms with van der Waals surface area (Å²) in [6.45, 7) is 1.12. The number of carbonyl (C=O) groups excluding carboxylic acids is 6. The first kappa shape index (κ1) is 28.5. The number of para-hydroxylation sites is 1. The number of ether oxygens (including phenoxy) is 1. The van der Waals surface area contributed by atoms with Crippen LogP contribution < -0.4 is 27.7 Å². The van der Waals surface area contributed by atoms with Gasteiger partial charge in [-0.1, -0.05) is 12.1 Å². The van der Waals surface area contributed by atoms with Gasteiger partial charge in [-0.15, -0.1) is 0 Å². The van der Waals surface area contributed by atoms with Crippen LogP contribution in [0.5, 0.6) is 5.75 Å². The minimum atomic E-state index is -3.93. The number of amides is 2. The molecule has 0 spiro atoms.